The first-order chi connectivity index (χ1) is 15.7. The van der Waals surface area contributed by atoms with Crippen molar-refractivity contribution in [1.29, 1.82) is 0 Å². The number of aliphatic carboxylic acids is 1. The van der Waals surface area contributed by atoms with Crippen molar-refractivity contribution in [2.75, 3.05) is 7.11 Å². The van der Waals surface area contributed by atoms with E-state index in [0.29, 0.717) is 11.1 Å². The molecule has 0 radical (unpaired) electrons. The predicted octanol–water partition coefficient (Wildman–Crippen LogP) is 5.54. The van der Waals surface area contributed by atoms with Gasteiger partial charge in [-0.1, -0.05) is 66.7 Å². The fourth-order valence-corrected chi connectivity index (χ4v) is 4.43. The summed E-state index contributed by atoms with van der Waals surface area (Å²) >= 11 is 0. The molecule has 3 aromatic rings. The molecular formula is C25H20F3NO4. The number of halogens is 3. The first-order valence-electron chi connectivity index (χ1n) is 10.2. The van der Waals surface area contributed by atoms with E-state index in [-0.39, 0.29) is 5.56 Å². The van der Waals surface area contributed by atoms with Crippen LogP contribution in [-0.2, 0) is 22.1 Å². The van der Waals surface area contributed by atoms with Gasteiger partial charge in [0.25, 0.3) is 0 Å². The molecule has 3 aromatic carbocycles. The molecule has 1 N–H and O–H groups in total. The third-order valence-electron chi connectivity index (χ3n) is 5.82. The average molecular weight is 455 g/mol. The molecule has 170 valence electrons. The molecule has 8 heteroatoms. The second-order valence-electron chi connectivity index (χ2n) is 7.67. The zero-order chi connectivity index (χ0) is 23.8. The molecule has 0 heterocycles. The lowest BCUT2D eigenvalue weighted by Crippen LogP contribution is -2.48. The predicted molar refractivity (Wildman–Crippen MR) is 115 cm³/mol. The van der Waals surface area contributed by atoms with Gasteiger partial charge in [0.15, 0.2) is 0 Å². The number of fused-ring (bicyclic) bond motifs is 3. The lowest BCUT2D eigenvalue weighted by atomic mass is 9.95. The average Bonchev–Trinajstić information content (AvgIpc) is 3.12. The highest BCUT2D eigenvalue weighted by molar-refractivity contribution is 5.85. The van der Waals surface area contributed by atoms with Crippen molar-refractivity contribution in [3.8, 4) is 11.1 Å². The van der Waals surface area contributed by atoms with E-state index in [0.717, 1.165) is 29.2 Å². The van der Waals surface area contributed by atoms with Gasteiger partial charge in [-0.25, -0.2) is 9.59 Å². The monoisotopic (exact) mass is 455 g/mol. The number of benzene rings is 3. The number of alkyl halides is 3. The quantitative estimate of drug-likeness (QED) is 0.549. The van der Waals surface area contributed by atoms with Crippen LogP contribution in [0.1, 0.15) is 28.3 Å². The van der Waals surface area contributed by atoms with E-state index < -0.39 is 42.3 Å². The summed E-state index contributed by atoms with van der Waals surface area (Å²) in [6, 6.07) is 16.8. The third kappa shape index (κ3) is 4.04. The Morgan fingerprint density at radius 1 is 0.939 bits per heavy atom. The number of nitrogens with zero attached hydrogens (tertiary/aromatic N) is 1. The highest BCUT2D eigenvalue weighted by Crippen LogP contribution is 2.47. The molecule has 0 spiro atoms. The molecule has 5 nitrogen and oxygen atoms in total. The van der Waals surface area contributed by atoms with Gasteiger partial charge in [0.1, 0.15) is 6.04 Å². The molecule has 1 aliphatic carbocycles. The fourth-order valence-electron chi connectivity index (χ4n) is 4.43. The van der Waals surface area contributed by atoms with E-state index in [4.69, 9.17) is 4.74 Å². The van der Waals surface area contributed by atoms with Crippen molar-refractivity contribution < 1.29 is 32.6 Å². The Morgan fingerprint density at radius 3 is 1.97 bits per heavy atom. The second-order valence-corrected chi connectivity index (χ2v) is 7.67. The molecular weight excluding hydrogens is 435 g/mol. The zero-order valence-corrected chi connectivity index (χ0v) is 17.5. The van der Waals surface area contributed by atoms with Gasteiger partial charge in [-0.3, -0.25) is 4.90 Å². The van der Waals surface area contributed by atoms with E-state index >= 15 is 0 Å². The summed E-state index contributed by atoms with van der Waals surface area (Å²) in [4.78, 5) is 26.4. The highest BCUT2D eigenvalue weighted by atomic mass is 19.4. The highest BCUT2D eigenvalue weighted by Gasteiger charge is 2.43. The number of carbonyl (C=O) groups is 2. The van der Waals surface area contributed by atoms with Crippen molar-refractivity contribution in [2.45, 2.75) is 24.7 Å². The summed E-state index contributed by atoms with van der Waals surface area (Å²) in [5, 5.41) is 10.1. The number of carbonyl (C=O) groups excluding carboxylic acids is 1. The Hall–Kier alpha value is -3.81. The van der Waals surface area contributed by atoms with Gasteiger partial charge in [0.05, 0.1) is 18.7 Å². The minimum Gasteiger partial charge on any atom is -0.480 e. The van der Waals surface area contributed by atoms with Gasteiger partial charge in [-0.2, -0.15) is 13.2 Å². The van der Waals surface area contributed by atoms with Gasteiger partial charge in [-0.05, 0) is 33.9 Å². The molecule has 1 amide bonds. The Morgan fingerprint density at radius 2 is 1.45 bits per heavy atom. The van der Waals surface area contributed by atoms with Crippen LogP contribution in [0.4, 0.5) is 18.0 Å². The standard InChI is InChI=1S/C25H20F3NO4/c1-33-24(32)29(21(23(30)31)14-15-8-2-7-13-20(15)25(26,27)28)22-18-11-5-3-9-16(18)17-10-4-6-12-19(17)22/h2-13,21-22H,14H2,1H3,(H,30,31)/t21-/m0/s1. The van der Waals surface area contributed by atoms with Crippen LogP contribution in [0.2, 0.25) is 0 Å². The molecule has 33 heavy (non-hydrogen) atoms. The summed E-state index contributed by atoms with van der Waals surface area (Å²) in [6.45, 7) is 0. The summed E-state index contributed by atoms with van der Waals surface area (Å²) in [7, 11) is 1.12. The minimum absolute atomic E-state index is 0.217. The van der Waals surface area contributed by atoms with Crippen LogP contribution in [-0.4, -0.2) is 35.2 Å². The van der Waals surface area contributed by atoms with Gasteiger partial charge in [0, 0.05) is 6.42 Å². The minimum atomic E-state index is -4.66. The van der Waals surface area contributed by atoms with Crippen LogP contribution in [0.3, 0.4) is 0 Å². The largest absolute Gasteiger partial charge is 0.480 e. The number of hydrogen-bond acceptors (Lipinski definition) is 3. The van der Waals surface area contributed by atoms with E-state index in [9.17, 15) is 27.9 Å². The van der Waals surface area contributed by atoms with Crippen LogP contribution >= 0.6 is 0 Å². The zero-order valence-electron chi connectivity index (χ0n) is 17.5. The lowest BCUT2D eigenvalue weighted by Gasteiger charge is -2.34. The number of carboxylic acids is 1. The smallest absolute Gasteiger partial charge is 0.416 e. The van der Waals surface area contributed by atoms with Crippen LogP contribution in [0, 0.1) is 0 Å². The molecule has 0 fully saturated rings. The Bertz CT molecular complexity index is 1160. The van der Waals surface area contributed by atoms with Crippen LogP contribution in [0.15, 0.2) is 72.8 Å². The van der Waals surface area contributed by atoms with Crippen molar-refractivity contribution in [2.24, 2.45) is 0 Å². The number of ether oxygens (including phenoxy) is 1. The van der Waals surface area contributed by atoms with Crippen LogP contribution < -0.4 is 0 Å². The molecule has 1 aliphatic rings. The van der Waals surface area contributed by atoms with E-state index in [1.54, 1.807) is 24.3 Å². The number of amides is 1. The lowest BCUT2D eigenvalue weighted by molar-refractivity contribution is -0.144. The number of carboxylic acid groups (broad SMARTS) is 1. The molecule has 0 aliphatic heterocycles. The normalized spacial score (nSPS) is 13.7. The first-order valence-corrected chi connectivity index (χ1v) is 10.2. The molecule has 0 aromatic heterocycles. The van der Waals surface area contributed by atoms with Gasteiger partial charge in [0.2, 0.25) is 0 Å². The maximum atomic E-state index is 13.6. The van der Waals surface area contributed by atoms with E-state index in [1.807, 2.05) is 24.3 Å². The molecule has 0 saturated carbocycles. The molecule has 0 bridgehead atoms. The Labute approximate surface area is 188 Å². The molecule has 1 atom stereocenters. The number of hydrogen-bond donors (Lipinski definition) is 1. The van der Waals surface area contributed by atoms with Gasteiger partial charge >= 0.3 is 18.2 Å². The maximum Gasteiger partial charge on any atom is 0.416 e. The second kappa shape index (κ2) is 8.61. The van der Waals surface area contributed by atoms with Crippen molar-refractivity contribution >= 4 is 12.1 Å². The Kier molecular flexibility index (Phi) is 5.84. The SMILES string of the molecule is COC(=O)N(C1c2ccccc2-c2ccccc21)[C@@H](Cc1ccccc1C(F)(F)F)C(=O)O. The van der Waals surface area contributed by atoms with Gasteiger partial charge < -0.3 is 9.84 Å². The third-order valence-corrected chi connectivity index (χ3v) is 5.82. The molecule has 0 unspecified atom stereocenters. The van der Waals surface area contributed by atoms with E-state index in [1.165, 1.54) is 18.2 Å². The van der Waals surface area contributed by atoms with Crippen molar-refractivity contribution in [1.82, 2.24) is 4.90 Å². The number of methoxy groups -OCH3 is 1. The Balaban J connectivity index is 1.86. The van der Waals surface area contributed by atoms with Crippen molar-refractivity contribution in [3.63, 3.8) is 0 Å². The first kappa shape index (κ1) is 22.4. The summed E-state index contributed by atoms with van der Waals surface area (Å²) < 4.78 is 45.6. The van der Waals surface area contributed by atoms with Crippen LogP contribution in [0.5, 0.6) is 0 Å². The topological polar surface area (TPSA) is 66.8 Å². The van der Waals surface area contributed by atoms with E-state index in [2.05, 4.69) is 0 Å². The summed E-state index contributed by atoms with van der Waals surface area (Å²) in [5.74, 6) is -1.43. The number of rotatable bonds is 5. The molecule has 0 saturated heterocycles. The molecule has 4 rings (SSSR count). The maximum absolute atomic E-state index is 13.6. The van der Waals surface area contributed by atoms with Crippen molar-refractivity contribution in [3.05, 3.63) is 95.1 Å². The summed E-state index contributed by atoms with van der Waals surface area (Å²) in [6.07, 6.45) is -6.15. The van der Waals surface area contributed by atoms with Crippen LogP contribution in [0.25, 0.3) is 11.1 Å². The fraction of sp³-hybridized carbons (Fsp3) is 0.200. The summed E-state index contributed by atoms with van der Waals surface area (Å²) in [5.41, 5.74) is 1.86. The van der Waals surface area contributed by atoms with Gasteiger partial charge in [-0.15, -0.1) is 0 Å².